The summed E-state index contributed by atoms with van der Waals surface area (Å²) < 4.78 is 4.61. The van der Waals surface area contributed by atoms with E-state index in [9.17, 15) is 25.1 Å². The molecule has 3 unspecified atom stereocenters. The Hall–Kier alpha value is -3.57. The molecule has 32 heavy (non-hydrogen) atoms. The van der Waals surface area contributed by atoms with E-state index < -0.39 is 17.1 Å². The van der Waals surface area contributed by atoms with Gasteiger partial charge in [-0.2, -0.15) is 0 Å². The van der Waals surface area contributed by atoms with Gasteiger partial charge in [-0.3, -0.25) is 14.9 Å². The molecule has 0 radical (unpaired) electrons. The van der Waals surface area contributed by atoms with Gasteiger partial charge >= 0.3 is 5.69 Å². The number of non-ortho nitro benzene ring substituents is 1. The first kappa shape index (κ1) is 21.7. The lowest BCUT2D eigenvalue weighted by molar-refractivity contribution is -0.383. The molecule has 0 saturated heterocycles. The highest BCUT2D eigenvalue weighted by Crippen LogP contribution is 2.44. The highest BCUT2D eigenvalue weighted by Gasteiger charge is 2.45. The molecular formula is C21H23N5O6. The number of carbonyl (C=O) groups is 1. The SMILES string of the molecule is CNC(=O)c1ccccc1Nc1ccc([N+](=O)[O-])c2nonc12.OC1C2CC[C@H](C2)C1O. The lowest BCUT2D eigenvalue weighted by atomic mass is 9.95. The molecule has 2 fully saturated rings. The quantitative estimate of drug-likeness (QED) is 0.351. The third-order valence-electron chi connectivity index (χ3n) is 6.09. The average molecular weight is 441 g/mol. The van der Waals surface area contributed by atoms with Gasteiger partial charge in [0.1, 0.15) is 0 Å². The second kappa shape index (κ2) is 8.89. The molecule has 2 bridgehead atoms. The molecule has 11 nitrogen and oxygen atoms in total. The Morgan fingerprint density at radius 2 is 1.72 bits per heavy atom. The fourth-order valence-electron chi connectivity index (χ4n) is 4.40. The smallest absolute Gasteiger partial charge is 0.300 e. The van der Waals surface area contributed by atoms with E-state index in [2.05, 4.69) is 25.6 Å². The van der Waals surface area contributed by atoms with Crippen molar-refractivity contribution >= 4 is 34.0 Å². The third kappa shape index (κ3) is 3.99. The van der Waals surface area contributed by atoms with Gasteiger partial charge < -0.3 is 20.8 Å². The maximum atomic E-state index is 11.9. The van der Waals surface area contributed by atoms with Gasteiger partial charge in [0, 0.05) is 13.1 Å². The molecule has 4 atom stereocenters. The van der Waals surface area contributed by atoms with Crippen LogP contribution in [-0.4, -0.2) is 50.6 Å². The molecule has 1 heterocycles. The van der Waals surface area contributed by atoms with Crippen molar-refractivity contribution in [2.45, 2.75) is 31.5 Å². The van der Waals surface area contributed by atoms with Gasteiger partial charge in [0.05, 0.1) is 34.1 Å². The van der Waals surface area contributed by atoms with Crippen LogP contribution in [0, 0.1) is 22.0 Å². The van der Waals surface area contributed by atoms with Gasteiger partial charge in [-0.15, -0.1) is 0 Å². The van der Waals surface area contributed by atoms with Crippen LogP contribution in [0.2, 0.25) is 0 Å². The summed E-state index contributed by atoms with van der Waals surface area (Å²) in [6, 6.07) is 9.66. The number of amides is 1. The summed E-state index contributed by atoms with van der Waals surface area (Å²) in [5.74, 6) is 0.583. The lowest BCUT2D eigenvalue weighted by Gasteiger charge is -2.21. The van der Waals surface area contributed by atoms with Gasteiger partial charge in [-0.25, -0.2) is 4.63 Å². The predicted octanol–water partition coefficient (Wildman–Crippen LogP) is 2.37. The zero-order valence-corrected chi connectivity index (χ0v) is 17.3. The highest BCUT2D eigenvalue weighted by molar-refractivity contribution is 6.02. The first-order chi connectivity index (χ1) is 15.4. The van der Waals surface area contributed by atoms with Crippen LogP contribution in [0.3, 0.4) is 0 Å². The molecular weight excluding hydrogens is 418 g/mol. The van der Waals surface area contributed by atoms with Gasteiger partial charge in [0.2, 0.25) is 5.52 Å². The van der Waals surface area contributed by atoms with Crippen LogP contribution < -0.4 is 10.6 Å². The van der Waals surface area contributed by atoms with Crippen LogP contribution in [0.5, 0.6) is 0 Å². The Morgan fingerprint density at radius 1 is 1.06 bits per heavy atom. The van der Waals surface area contributed by atoms with Crippen LogP contribution >= 0.6 is 0 Å². The van der Waals surface area contributed by atoms with Crippen molar-refractivity contribution in [2.75, 3.05) is 12.4 Å². The van der Waals surface area contributed by atoms with Crippen molar-refractivity contribution in [3.63, 3.8) is 0 Å². The molecule has 2 aliphatic carbocycles. The van der Waals surface area contributed by atoms with E-state index in [1.807, 2.05) is 0 Å². The molecule has 3 aromatic rings. The number of aliphatic hydroxyl groups is 2. The standard InChI is InChI=1S/C14H11N5O4.C7H12O2/c1-15-14(20)8-4-2-3-5-9(8)16-10-6-7-11(19(21)22)13-12(10)17-23-18-13;8-6-4-1-2-5(3-4)7(6)9/h2-7,16H,1H3,(H,15,20);4-9H,1-3H2/t;4-,5?,6?,7?/m.1/s1. The molecule has 0 spiro atoms. The maximum Gasteiger partial charge on any atom is 0.300 e. The molecule has 2 saturated carbocycles. The predicted molar refractivity (Wildman–Crippen MR) is 114 cm³/mol. The van der Waals surface area contributed by atoms with Crippen molar-refractivity contribution in [1.82, 2.24) is 15.6 Å². The van der Waals surface area contributed by atoms with E-state index in [4.69, 9.17) is 0 Å². The van der Waals surface area contributed by atoms with Crippen molar-refractivity contribution < 1.29 is 24.6 Å². The number of benzene rings is 2. The third-order valence-corrected chi connectivity index (χ3v) is 6.09. The van der Waals surface area contributed by atoms with E-state index in [1.54, 1.807) is 24.3 Å². The summed E-state index contributed by atoms with van der Waals surface area (Å²) in [5.41, 5.74) is 1.46. The largest absolute Gasteiger partial charge is 0.390 e. The van der Waals surface area contributed by atoms with Crippen molar-refractivity contribution in [3.8, 4) is 0 Å². The number of nitrogens with zero attached hydrogens (tertiary/aromatic N) is 3. The number of para-hydroxylation sites is 1. The zero-order chi connectivity index (χ0) is 22.8. The molecule has 4 N–H and O–H groups in total. The number of hydrogen-bond acceptors (Lipinski definition) is 9. The minimum absolute atomic E-state index is 0.0393. The number of nitro benzene ring substituents is 1. The number of nitrogens with one attached hydrogen (secondary N) is 2. The van der Waals surface area contributed by atoms with Crippen molar-refractivity contribution in [2.24, 2.45) is 11.8 Å². The molecule has 0 aliphatic heterocycles. The normalized spacial score (nSPS) is 23.5. The fraction of sp³-hybridized carbons (Fsp3) is 0.381. The molecule has 2 aliphatic rings. The van der Waals surface area contributed by atoms with Crippen LogP contribution in [0.1, 0.15) is 29.6 Å². The van der Waals surface area contributed by atoms with Crippen LogP contribution in [0.4, 0.5) is 17.1 Å². The molecule has 1 aromatic heterocycles. The second-order valence-electron chi connectivity index (χ2n) is 7.91. The second-order valence-corrected chi connectivity index (χ2v) is 7.91. The molecule has 11 heteroatoms. The number of rotatable bonds is 4. The number of aliphatic hydroxyl groups excluding tert-OH is 2. The summed E-state index contributed by atoms with van der Waals surface area (Å²) in [7, 11) is 1.53. The van der Waals surface area contributed by atoms with Gasteiger partial charge in [-0.05, 0) is 59.6 Å². The summed E-state index contributed by atoms with van der Waals surface area (Å²) in [4.78, 5) is 22.3. The minimum atomic E-state index is -0.561. The summed E-state index contributed by atoms with van der Waals surface area (Å²) in [6.45, 7) is 0. The van der Waals surface area contributed by atoms with E-state index in [0.717, 1.165) is 19.3 Å². The number of hydrogen-bond donors (Lipinski definition) is 4. The van der Waals surface area contributed by atoms with Gasteiger partial charge in [-0.1, -0.05) is 12.1 Å². The number of fused-ring (bicyclic) bond motifs is 3. The van der Waals surface area contributed by atoms with Crippen LogP contribution in [0.15, 0.2) is 41.0 Å². The highest BCUT2D eigenvalue weighted by atomic mass is 16.6. The van der Waals surface area contributed by atoms with Crippen LogP contribution in [-0.2, 0) is 0 Å². The maximum absolute atomic E-state index is 11.9. The monoisotopic (exact) mass is 441 g/mol. The number of aromatic nitrogens is 2. The van der Waals surface area contributed by atoms with Gasteiger partial charge in [0.15, 0.2) is 5.52 Å². The van der Waals surface area contributed by atoms with E-state index in [1.165, 1.54) is 19.2 Å². The Bertz CT molecular complexity index is 1130. The first-order valence-corrected chi connectivity index (χ1v) is 10.2. The number of carbonyl (C=O) groups excluding carboxylic acids is 1. The summed E-state index contributed by atoms with van der Waals surface area (Å²) in [6.07, 6.45) is 2.51. The Balaban J connectivity index is 0.000000225. The van der Waals surface area contributed by atoms with Gasteiger partial charge in [0.25, 0.3) is 5.91 Å². The Labute approximate surface area is 182 Å². The van der Waals surface area contributed by atoms with Crippen molar-refractivity contribution in [1.29, 1.82) is 0 Å². The summed E-state index contributed by atoms with van der Waals surface area (Å²) >= 11 is 0. The average Bonchev–Trinajstić information content (AvgIpc) is 3.53. The summed E-state index contributed by atoms with van der Waals surface area (Å²) in [5, 5.41) is 42.3. The zero-order valence-electron chi connectivity index (χ0n) is 17.3. The molecule has 5 rings (SSSR count). The van der Waals surface area contributed by atoms with E-state index in [0.29, 0.717) is 28.8 Å². The topological polar surface area (TPSA) is 164 Å². The first-order valence-electron chi connectivity index (χ1n) is 10.2. The molecule has 1 amide bonds. The fourth-order valence-corrected chi connectivity index (χ4v) is 4.40. The number of nitro groups is 1. The van der Waals surface area contributed by atoms with Crippen molar-refractivity contribution in [3.05, 3.63) is 52.1 Å². The molecule has 2 aromatic carbocycles. The van der Waals surface area contributed by atoms with E-state index in [-0.39, 0.29) is 22.6 Å². The lowest BCUT2D eigenvalue weighted by Crippen LogP contribution is -2.31. The Morgan fingerprint density at radius 3 is 2.31 bits per heavy atom. The van der Waals surface area contributed by atoms with E-state index >= 15 is 0 Å². The Kier molecular flexibility index (Phi) is 6.01. The number of anilines is 2. The molecule has 168 valence electrons. The minimum Gasteiger partial charge on any atom is -0.390 e. The van der Waals surface area contributed by atoms with Crippen LogP contribution in [0.25, 0.3) is 11.0 Å².